The highest BCUT2D eigenvalue weighted by molar-refractivity contribution is 6.36. The number of rotatable bonds is 9. The van der Waals surface area contributed by atoms with Crippen LogP contribution in [-0.4, -0.2) is 49.7 Å². The first kappa shape index (κ1) is 20.6. The van der Waals surface area contributed by atoms with Gasteiger partial charge in [-0.3, -0.25) is 4.98 Å². The summed E-state index contributed by atoms with van der Waals surface area (Å²) >= 11 is 0. The summed E-state index contributed by atoms with van der Waals surface area (Å²) in [6.07, 6.45) is 5.27. The minimum Gasteiger partial charge on any atom is -0.497 e. The lowest BCUT2D eigenvalue weighted by Gasteiger charge is -2.26. The standard InChI is InChI=1S/C23H26N6O2/c1-25-28-22(12-24)23-13-26-20-7-6-16(10-21(20)27-23)29(14-15-4-5-15)17-8-18(30-2)11-19(9-17)31-3/h6-13,15,24-25H,4-5,14H2,1-3H3/b24-12?,28-22+. The molecule has 0 saturated heterocycles. The minimum atomic E-state index is 0.426. The van der Waals surface area contributed by atoms with Crippen LogP contribution in [0.4, 0.5) is 11.4 Å². The van der Waals surface area contributed by atoms with Gasteiger partial charge in [-0.05, 0) is 37.0 Å². The molecule has 0 spiro atoms. The molecule has 1 aromatic heterocycles. The van der Waals surface area contributed by atoms with Crippen molar-refractivity contribution in [3.63, 3.8) is 0 Å². The van der Waals surface area contributed by atoms with E-state index in [4.69, 9.17) is 19.9 Å². The molecule has 0 bridgehead atoms. The Balaban J connectivity index is 1.79. The Labute approximate surface area is 181 Å². The molecule has 3 aromatic rings. The molecule has 0 amide bonds. The topological polar surface area (TPSA) is 95.7 Å². The summed E-state index contributed by atoms with van der Waals surface area (Å²) in [5, 5.41) is 11.7. The molecule has 31 heavy (non-hydrogen) atoms. The molecule has 1 aliphatic carbocycles. The highest BCUT2D eigenvalue weighted by Gasteiger charge is 2.26. The molecule has 2 N–H and O–H groups in total. The molecule has 160 valence electrons. The number of benzene rings is 2. The van der Waals surface area contributed by atoms with Gasteiger partial charge >= 0.3 is 0 Å². The van der Waals surface area contributed by atoms with Crippen molar-refractivity contribution < 1.29 is 9.47 Å². The second-order valence-corrected chi connectivity index (χ2v) is 7.42. The zero-order chi connectivity index (χ0) is 21.8. The molecule has 0 radical (unpaired) electrons. The van der Waals surface area contributed by atoms with E-state index in [1.54, 1.807) is 27.5 Å². The van der Waals surface area contributed by atoms with Gasteiger partial charge in [-0.2, -0.15) is 5.10 Å². The molecule has 1 fully saturated rings. The number of hydrogen-bond donors (Lipinski definition) is 2. The second kappa shape index (κ2) is 8.99. The lowest BCUT2D eigenvalue weighted by Crippen LogP contribution is -2.20. The SMILES string of the molecule is CN/N=C(\C=N)c1cnc2ccc(N(CC3CC3)c3cc(OC)cc(OC)c3)cc2n1. The number of fused-ring (bicyclic) bond motifs is 1. The maximum Gasteiger partial charge on any atom is 0.128 e. The van der Waals surface area contributed by atoms with Crippen molar-refractivity contribution in [1.82, 2.24) is 15.4 Å². The first-order chi connectivity index (χ1) is 15.1. The fourth-order valence-corrected chi connectivity index (χ4v) is 3.44. The molecule has 0 atom stereocenters. The Morgan fingerprint density at radius 2 is 1.87 bits per heavy atom. The second-order valence-electron chi connectivity index (χ2n) is 7.42. The van der Waals surface area contributed by atoms with Crippen molar-refractivity contribution in [3.05, 3.63) is 48.3 Å². The van der Waals surface area contributed by atoms with Crippen LogP contribution in [-0.2, 0) is 0 Å². The van der Waals surface area contributed by atoms with Gasteiger partial charge in [0.2, 0.25) is 0 Å². The third-order valence-electron chi connectivity index (χ3n) is 5.25. The molecule has 2 aromatic carbocycles. The Bertz CT molecular complexity index is 1100. The minimum absolute atomic E-state index is 0.426. The van der Waals surface area contributed by atoms with Crippen molar-refractivity contribution in [2.45, 2.75) is 12.8 Å². The Morgan fingerprint density at radius 1 is 1.13 bits per heavy atom. The quantitative estimate of drug-likeness (QED) is 0.406. The molecule has 4 rings (SSSR count). The molecule has 1 saturated carbocycles. The van der Waals surface area contributed by atoms with Crippen LogP contribution in [0.25, 0.3) is 11.0 Å². The Hall–Kier alpha value is -3.68. The molecule has 0 unspecified atom stereocenters. The van der Waals surface area contributed by atoms with E-state index in [-0.39, 0.29) is 0 Å². The summed E-state index contributed by atoms with van der Waals surface area (Å²) in [7, 11) is 5.00. The molecule has 1 aliphatic rings. The summed E-state index contributed by atoms with van der Waals surface area (Å²) < 4.78 is 11.0. The van der Waals surface area contributed by atoms with Crippen LogP contribution in [0.3, 0.4) is 0 Å². The number of hydrogen-bond acceptors (Lipinski definition) is 8. The first-order valence-electron chi connectivity index (χ1n) is 10.2. The van der Waals surface area contributed by atoms with Crippen LogP contribution < -0.4 is 19.8 Å². The number of hydrazone groups is 1. The van der Waals surface area contributed by atoms with Crippen LogP contribution in [0.15, 0.2) is 47.7 Å². The normalized spacial score (nSPS) is 13.7. The molecule has 8 heteroatoms. The fourth-order valence-electron chi connectivity index (χ4n) is 3.44. The smallest absolute Gasteiger partial charge is 0.128 e. The summed E-state index contributed by atoms with van der Waals surface area (Å²) in [6.45, 7) is 0.905. The van der Waals surface area contributed by atoms with E-state index in [1.165, 1.54) is 12.8 Å². The third kappa shape index (κ3) is 4.58. The maximum atomic E-state index is 7.60. The Morgan fingerprint density at radius 3 is 2.48 bits per heavy atom. The van der Waals surface area contributed by atoms with Crippen LogP contribution in [0, 0.1) is 11.3 Å². The van der Waals surface area contributed by atoms with Gasteiger partial charge in [0.1, 0.15) is 22.9 Å². The van der Waals surface area contributed by atoms with E-state index in [1.807, 2.05) is 30.3 Å². The zero-order valence-corrected chi connectivity index (χ0v) is 17.9. The highest BCUT2D eigenvalue weighted by atomic mass is 16.5. The predicted molar refractivity (Wildman–Crippen MR) is 123 cm³/mol. The number of methoxy groups -OCH3 is 2. The summed E-state index contributed by atoms with van der Waals surface area (Å²) in [5.74, 6) is 2.16. The van der Waals surface area contributed by atoms with Crippen molar-refractivity contribution in [2.75, 3.05) is 32.7 Å². The van der Waals surface area contributed by atoms with Crippen molar-refractivity contribution in [2.24, 2.45) is 11.0 Å². The predicted octanol–water partition coefficient (Wildman–Crippen LogP) is 3.77. The van der Waals surface area contributed by atoms with Gasteiger partial charge in [0.25, 0.3) is 0 Å². The lowest BCUT2D eigenvalue weighted by molar-refractivity contribution is 0.394. The molecule has 0 aliphatic heterocycles. The average molecular weight is 419 g/mol. The van der Waals surface area contributed by atoms with Gasteiger partial charge in [-0.15, -0.1) is 0 Å². The van der Waals surface area contributed by atoms with Crippen molar-refractivity contribution >= 4 is 34.3 Å². The monoisotopic (exact) mass is 418 g/mol. The number of nitrogens with zero attached hydrogens (tertiary/aromatic N) is 4. The van der Waals surface area contributed by atoms with Crippen LogP contribution in [0.2, 0.25) is 0 Å². The maximum absolute atomic E-state index is 7.60. The van der Waals surface area contributed by atoms with Crippen molar-refractivity contribution in [1.29, 1.82) is 5.41 Å². The van der Waals surface area contributed by atoms with Gasteiger partial charge in [-0.1, -0.05) is 0 Å². The summed E-state index contributed by atoms with van der Waals surface area (Å²) in [6, 6.07) is 12.0. The summed E-state index contributed by atoms with van der Waals surface area (Å²) in [4.78, 5) is 11.5. The number of anilines is 2. The van der Waals surface area contributed by atoms with Gasteiger partial charge in [0, 0.05) is 49.4 Å². The number of ether oxygens (including phenoxy) is 2. The lowest BCUT2D eigenvalue weighted by atomic mass is 10.1. The molecule has 8 nitrogen and oxygen atoms in total. The number of nitrogens with one attached hydrogen (secondary N) is 2. The van der Waals surface area contributed by atoms with Crippen LogP contribution in [0.5, 0.6) is 11.5 Å². The largest absolute Gasteiger partial charge is 0.497 e. The van der Waals surface area contributed by atoms with Crippen molar-refractivity contribution in [3.8, 4) is 11.5 Å². The van der Waals surface area contributed by atoms with Crippen LogP contribution >= 0.6 is 0 Å². The van der Waals surface area contributed by atoms with E-state index < -0.39 is 0 Å². The fraction of sp³-hybridized carbons (Fsp3) is 0.304. The third-order valence-corrected chi connectivity index (χ3v) is 5.25. The van der Waals surface area contributed by atoms with E-state index >= 15 is 0 Å². The summed E-state index contributed by atoms with van der Waals surface area (Å²) in [5.41, 5.74) is 7.23. The first-order valence-corrected chi connectivity index (χ1v) is 10.2. The van der Waals surface area contributed by atoms with Gasteiger partial charge < -0.3 is 25.2 Å². The van der Waals surface area contributed by atoms with Gasteiger partial charge in [0.15, 0.2) is 0 Å². The average Bonchev–Trinajstić information content (AvgIpc) is 3.64. The number of aromatic nitrogens is 2. The van der Waals surface area contributed by atoms with Crippen LogP contribution in [0.1, 0.15) is 18.5 Å². The molecular weight excluding hydrogens is 392 g/mol. The van der Waals surface area contributed by atoms with E-state index in [0.29, 0.717) is 17.3 Å². The molecular formula is C23H26N6O2. The van der Waals surface area contributed by atoms with Gasteiger partial charge in [0.05, 0.1) is 31.4 Å². The molecule has 1 heterocycles. The highest BCUT2D eigenvalue weighted by Crippen LogP contribution is 2.38. The van der Waals surface area contributed by atoms with E-state index in [0.717, 1.165) is 46.7 Å². The van der Waals surface area contributed by atoms with E-state index in [9.17, 15) is 0 Å². The Kier molecular flexibility index (Phi) is 5.97. The van der Waals surface area contributed by atoms with Gasteiger partial charge in [-0.25, -0.2) is 4.98 Å². The van der Waals surface area contributed by atoms with E-state index in [2.05, 4.69) is 26.5 Å². The zero-order valence-electron chi connectivity index (χ0n) is 17.9.